The lowest BCUT2D eigenvalue weighted by atomic mass is 10.0. The number of rotatable bonds is 48. The Morgan fingerprint density at radius 3 is 1.26 bits per heavy atom. The van der Waals surface area contributed by atoms with Gasteiger partial charge < -0.3 is 20.3 Å². The van der Waals surface area contributed by atoms with Crippen LogP contribution in [0.5, 0.6) is 0 Å². The molecule has 0 aliphatic heterocycles. The lowest BCUT2D eigenvalue weighted by molar-refractivity contribution is -0.151. The van der Waals surface area contributed by atoms with Gasteiger partial charge in [-0.15, -0.1) is 0 Å². The number of aliphatic hydroxyl groups is 2. The first-order valence-electron chi connectivity index (χ1n) is 26.7. The quantitative estimate of drug-likeness (QED) is 0.0322. The van der Waals surface area contributed by atoms with Crippen LogP contribution in [-0.4, -0.2) is 46.9 Å². The van der Waals surface area contributed by atoms with E-state index in [2.05, 4.69) is 62.5 Å². The van der Waals surface area contributed by atoms with Gasteiger partial charge in [0.2, 0.25) is 5.91 Å². The van der Waals surface area contributed by atoms with E-state index in [-0.39, 0.29) is 24.9 Å². The Bertz CT molecular complexity index is 1010. The second kappa shape index (κ2) is 49.1. The molecule has 0 saturated heterocycles. The molecule has 3 atom stereocenters. The van der Waals surface area contributed by atoms with Crippen molar-refractivity contribution in [3.63, 3.8) is 0 Å². The zero-order valence-electron chi connectivity index (χ0n) is 40.8. The number of unbranched alkanes of at least 4 members (excludes halogenated alkanes) is 32. The normalized spacial score (nSPS) is 13.5. The van der Waals surface area contributed by atoms with Crippen molar-refractivity contribution < 1.29 is 24.5 Å². The lowest BCUT2D eigenvalue weighted by Gasteiger charge is -2.24. The van der Waals surface area contributed by atoms with Gasteiger partial charge in [-0.3, -0.25) is 9.59 Å². The van der Waals surface area contributed by atoms with Gasteiger partial charge in [0.15, 0.2) is 0 Å². The van der Waals surface area contributed by atoms with Crippen LogP contribution < -0.4 is 5.32 Å². The Morgan fingerprint density at radius 2 is 0.836 bits per heavy atom. The highest BCUT2D eigenvalue weighted by atomic mass is 16.5. The van der Waals surface area contributed by atoms with Crippen molar-refractivity contribution in [2.75, 3.05) is 6.61 Å². The summed E-state index contributed by atoms with van der Waals surface area (Å²) in [5, 5.41) is 23.8. The van der Waals surface area contributed by atoms with Crippen molar-refractivity contribution >= 4 is 11.9 Å². The molecule has 0 radical (unpaired) electrons. The first-order valence-corrected chi connectivity index (χ1v) is 26.7. The standard InChI is InChI=1S/C55H103NO5/c1-4-7-10-13-16-19-21-23-25-27-29-31-33-36-38-41-44-47-53(58)52(50-57)56-54(59)49-51(61-55(60)48-45-42-39-34-18-15-12-9-6-3)46-43-40-37-35-32-30-28-26-24-22-20-17-14-11-8-5-2/h22,24,26,28,30,32,51-53,57-58H,4-21,23,25,27,29,31,33-50H2,1-3H3,(H,56,59)/b24-22+,28-26+,32-30+. The zero-order valence-corrected chi connectivity index (χ0v) is 40.8. The predicted molar refractivity (Wildman–Crippen MR) is 264 cm³/mol. The molecule has 0 bridgehead atoms. The second-order valence-electron chi connectivity index (χ2n) is 18.3. The number of ether oxygens (including phenoxy) is 1. The van der Waals surface area contributed by atoms with E-state index in [1.54, 1.807) is 0 Å². The average Bonchev–Trinajstić information content (AvgIpc) is 3.25. The molecular weight excluding hydrogens is 755 g/mol. The number of amides is 1. The molecule has 0 aliphatic carbocycles. The highest BCUT2D eigenvalue weighted by molar-refractivity contribution is 5.77. The predicted octanol–water partition coefficient (Wildman–Crippen LogP) is 16.1. The number of carbonyl (C=O) groups is 2. The number of hydrogen-bond donors (Lipinski definition) is 3. The number of nitrogens with one attached hydrogen (secondary N) is 1. The van der Waals surface area contributed by atoms with Gasteiger partial charge in [-0.1, -0.05) is 250 Å². The van der Waals surface area contributed by atoms with E-state index in [9.17, 15) is 19.8 Å². The Labute approximate surface area is 379 Å². The third-order valence-electron chi connectivity index (χ3n) is 12.3. The van der Waals surface area contributed by atoms with E-state index in [4.69, 9.17) is 4.74 Å². The van der Waals surface area contributed by atoms with Gasteiger partial charge in [-0.05, 0) is 51.4 Å². The lowest BCUT2D eigenvalue weighted by Crippen LogP contribution is -2.46. The van der Waals surface area contributed by atoms with Crippen LogP contribution in [-0.2, 0) is 14.3 Å². The maximum atomic E-state index is 13.2. The third-order valence-corrected chi connectivity index (χ3v) is 12.3. The van der Waals surface area contributed by atoms with Gasteiger partial charge in [0.05, 0.1) is 25.2 Å². The topological polar surface area (TPSA) is 95.9 Å². The second-order valence-corrected chi connectivity index (χ2v) is 18.3. The molecule has 6 heteroatoms. The molecule has 0 rings (SSSR count). The molecule has 3 N–H and O–H groups in total. The molecule has 0 aromatic carbocycles. The Hall–Kier alpha value is -1.92. The number of aliphatic hydroxyl groups excluding tert-OH is 2. The molecule has 3 unspecified atom stereocenters. The summed E-state index contributed by atoms with van der Waals surface area (Å²) in [5.41, 5.74) is 0. The van der Waals surface area contributed by atoms with E-state index >= 15 is 0 Å². The first kappa shape index (κ1) is 59.1. The van der Waals surface area contributed by atoms with Crippen molar-refractivity contribution in [2.45, 2.75) is 296 Å². The fourth-order valence-corrected chi connectivity index (χ4v) is 8.20. The van der Waals surface area contributed by atoms with Crippen LogP contribution in [0.25, 0.3) is 0 Å². The summed E-state index contributed by atoms with van der Waals surface area (Å²) in [6.07, 6.45) is 57.8. The van der Waals surface area contributed by atoms with Crippen LogP contribution in [0.1, 0.15) is 278 Å². The Morgan fingerprint density at radius 1 is 0.475 bits per heavy atom. The van der Waals surface area contributed by atoms with Crippen molar-refractivity contribution in [1.29, 1.82) is 0 Å². The van der Waals surface area contributed by atoms with Gasteiger partial charge >= 0.3 is 5.97 Å². The third kappa shape index (κ3) is 44.5. The van der Waals surface area contributed by atoms with Gasteiger partial charge in [0, 0.05) is 6.42 Å². The van der Waals surface area contributed by atoms with Crippen molar-refractivity contribution in [2.24, 2.45) is 0 Å². The van der Waals surface area contributed by atoms with E-state index in [0.717, 1.165) is 70.6 Å². The van der Waals surface area contributed by atoms with Crippen LogP contribution in [0.15, 0.2) is 36.5 Å². The van der Waals surface area contributed by atoms with Crippen molar-refractivity contribution in [1.82, 2.24) is 5.32 Å². The van der Waals surface area contributed by atoms with Gasteiger partial charge in [-0.2, -0.15) is 0 Å². The smallest absolute Gasteiger partial charge is 0.306 e. The van der Waals surface area contributed by atoms with Crippen molar-refractivity contribution in [3.8, 4) is 0 Å². The number of carbonyl (C=O) groups excluding carboxylic acids is 2. The molecule has 358 valence electrons. The molecule has 0 aromatic rings. The minimum absolute atomic E-state index is 0.0583. The summed E-state index contributed by atoms with van der Waals surface area (Å²) < 4.78 is 5.91. The van der Waals surface area contributed by atoms with Crippen LogP contribution in [0, 0.1) is 0 Å². The number of esters is 1. The molecule has 0 saturated carbocycles. The van der Waals surface area contributed by atoms with Crippen LogP contribution in [0.2, 0.25) is 0 Å². The van der Waals surface area contributed by atoms with Crippen LogP contribution in [0.4, 0.5) is 0 Å². The fourth-order valence-electron chi connectivity index (χ4n) is 8.20. The van der Waals surface area contributed by atoms with E-state index in [0.29, 0.717) is 19.3 Å². The minimum atomic E-state index is -0.794. The summed E-state index contributed by atoms with van der Waals surface area (Å²) in [7, 11) is 0. The highest BCUT2D eigenvalue weighted by Crippen LogP contribution is 2.18. The van der Waals surface area contributed by atoms with E-state index < -0.39 is 18.2 Å². The van der Waals surface area contributed by atoms with Gasteiger partial charge in [-0.25, -0.2) is 0 Å². The highest BCUT2D eigenvalue weighted by Gasteiger charge is 2.24. The van der Waals surface area contributed by atoms with Crippen molar-refractivity contribution in [3.05, 3.63) is 36.5 Å². The molecule has 0 aliphatic rings. The largest absolute Gasteiger partial charge is 0.462 e. The van der Waals surface area contributed by atoms with E-state index in [1.165, 1.54) is 161 Å². The molecule has 0 spiro atoms. The maximum Gasteiger partial charge on any atom is 0.306 e. The Balaban J connectivity index is 4.53. The molecule has 0 heterocycles. The monoisotopic (exact) mass is 858 g/mol. The average molecular weight is 858 g/mol. The minimum Gasteiger partial charge on any atom is -0.462 e. The summed E-state index contributed by atoms with van der Waals surface area (Å²) in [6, 6.07) is -0.709. The summed E-state index contributed by atoms with van der Waals surface area (Å²) >= 11 is 0. The van der Waals surface area contributed by atoms with Gasteiger partial charge in [0.1, 0.15) is 6.10 Å². The zero-order chi connectivity index (χ0) is 44.5. The SMILES string of the molecule is CCCCCCC/C=C/C=C/C=C/CCCCCC(CC(=O)NC(CO)C(O)CCCCCCCCCCCCCCCCCCC)OC(=O)CCCCCCCCCCC. The van der Waals surface area contributed by atoms with E-state index in [1.807, 2.05) is 0 Å². The molecule has 0 aromatic heterocycles. The number of hydrogen-bond acceptors (Lipinski definition) is 5. The molecular formula is C55H103NO5. The molecule has 0 fully saturated rings. The summed E-state index contributed by atoms with van der Waals surface area (Å²) in [6.45, 7) is 6.46. The molecule has 61 heavy (non-hydrogen) atoms. The molecule has 6 nitrogen and oxygen atoms in total. The fraction of sp³-hybridized carbons (Fsp3) is 0.855. The Kier molecular flexibility index (Phi) is 47.6. The number of allylic oxidation sites excluding steroid dienone is 6. The van der Waals surface area contributed by atoms with Gasteiger partial charge in [0.25, 0.3) is 0 Å². The van der Waals surface area contributed by atoms with Crippen LogP contribution >= 0.6 is 0 Å². The first-order chi connectivity index (χ1) is 30.0. The van der Waals surface area contributed by atoms with Crippen LogP contribution in [0.3, 0.4) is 0 Å². The summed E-state index contributed by atoms with van der Waals surface area (Å²) in [5.74, 6) is -0.500. The maximum absolute atomic E-state index is 13.2. The summed E-state index contributed by atoms with van der Waals surface area (Å²) in [4.78, 5) is 26.1. The molecule has 1 amide bonds.